The first-order valence-electron chi connectivity index (χ1n) is 2.69. The van der Waals surface area contributed by atoms with E-state index < -0.39 is 17.6 Å². The normalized spacial score (nSPS) is 18.4. The first-order valence-corrected chi connectivity index (χ1v) is 2.69. The summed E-state index contributed by atoms with van der Waals surface area (Å²) >= 11 is 0. The molecule has 1 aliphatic heterocycles. The molecule has 0 amide bonds. The Labute approximate surface area is 60.2 Å². The molecule has 0 unspecified atom stereocenters. The van der Waals surface area contributed by atoms with Gasteiger partial charge in [0, 0.05) is 0 Å². The average molecular weight is 165 g/mol. The van der Waals surface area contributed by atoms with Gasteiger partial charge < -0.3 is 5.11 Å². The van der Waals surface area contributed by atoms with Gasteiger partial charge in [0.1, 0.15) is 5.71 Å². The molecule has 0 fully saturated rings. The first kappa shape index (κ1) is 7.90. The van der Waals surface area contributed by atoms with Gasteiger partial charge in [-0.3, -0.25) is 0 Å². The highest BCUT2D eigenvalue weighted by Gasteiger charge is 2.41. The topological polar surface area (TPSA) is 46.7 Å². The number of aliphatic hydroxyl groups excluding tert-OH is 1. The summed E-state index contributed by atoms with van der Waals surface area (Å²) in [7, 11) is 0. The molecule has 1 N–H and O–H groups in total. The van der Waals surface area contributed by atoms with Gasteiger partial charge in [-0.2, -0.15) is 18.3 Å². The molecule has 0 aromatic rings. The molecule has 0 atom stereocenters. The van der Waals surface area contributed by atoms with Gasteiger partial charge in [-0.05, 0) is 6.92 Å². The van der Waals surface area contributed by atoms with E-state index in [0.717, 1.165) is 0 Å². The molecule has 0 aromatic heterocycles. The van der Waals surface area contributed by atoms with Crippen molar-refractivity contribution in [2.45, 2.75) is 13.1 Å². The monoisotopic (exact) mass is 165 g/mol. The number of rotatable bonds is 0. The Balaban J connectivity index is 2.95. The van der Waals surface area contributed by atoms with Gasteiger partial charge in [0.15, 0.2) is 5.76 Å². The summed E-state index contributed by atoms with van der Waals surface area (Å²) in [6, 6.07) is 0. The van der Waals surface area contributed by atoms with Crippen LogP contribution in [0.1, 0.15) is 6.92 Å². The lowest BCUT2D eigenvalue weighted by atomic mass is 10.3. The number of halogens is 3. The average Bonchev–Trinajstić information content (AvgIpc) is 2.11. The Bertz CT molecular complexity index is 241. The second kappa shape index (κ2) is 2.14. The lowest BCUT2D eigenvalue weighted by Gasteiger charge is -2.04. The fourth-order valence-electron chi connectivity index (χ4n) is 0.582. The lowest BCUT2D eigenvalue weighted by molar-refractivity contribution is -0.0986. The highest BCUT2D eigenvalue weighted by Crippen LogP contribution is 2.29. The molecule has 0 aliphatic carbocycles. The Kier molecular flexibility index (Phi) is 1.54. The molecular weight excluding hydrogens is 161 g/mol. The first-order chi connectivity index (χ1) is 4.93. The van der Waals surface area contributed by atoms with Crippen LogP contribution >= 0.6 is 0 Å². The van der Waals surface area contributed by atoms with Gasteiger partial charge in [-0.15, -0.1) is 5.43 Å². The minimum atomic E-state index is -4.62. The van der Waals surface area contributed by atoms with E-state index in [2.05, 4.69) is 10.5 Å². The van der Waals surface area contributed by atoms with E-state index in [0.29, 0.717) is 0 Å². The third kappa shape index (κ3) is 1.28. The van der Waals surface area contributed by atoms with Crippen molar-refractivity contribution in [2.75, 3.05) is 0 Å². The van der Waals surface area contributed by atoms with Crippen LogP contribution in [0.15, 0.2) is 16.6 Å². The van der Waals surface area contributed by atoms with Crippen molar-refractivity contribution in [1.82, 2.24) is 5.43 Å². The highest BCUT2D eigenvalue weighted by molar-refractivity contribution is 5.98. The van der Waals surface area contributed by atoms with E-state index in [9.17, 15) is 13.2 Å². The third-order valence-electron chi connectivity index (χ3n) is 1.14. The number of hydrogen-bond donors (Lipinski definition) is 1. The van der Waals surface area contributed by atoms with E-state index in [1.807, 2.05) is 0 Å². The summed E-state index contributed by atoms with van der Waals surface area (Å²) in [4.78, 5) is 0. The zero-order valence-electron chi connectivity index (χ0n) is 5.48. The Morgan fingerprint density at radius 2 is 1.91 bits per heavy atom. The smallest absolute Gasteiger partial charge is 0.438 e. The second-order valence-corrected chi connectivity index (χ2v) is 1.98. The number of alkyl halides is 3. The van der Waals surface area contributed by atoms with Crippen LogP contribution in [0.2, 0.25) is 0 Å². The molecule has 1 aliphatic rings. The summed E-state index contributed by atoms with van der Waals surface area (Å²) < 4.78 is 35.4. The molecule has 1 radical (unpaired) electrons. The molecule has 0 aromatic carbocycles. The molecule has 0 spiro atoms. The Hall–Kier alpha value is -1.20. The fourth-order valence-corrected chi connectivity index (χ4v) is 0.582. The minimum Gasteiger partial charge on any atom is -0.504 e. The summed E-state index contributed by atoms with van der Waals surface area (Å²) in [6.07, 6.45) is -4.62. The largest absolute Gasteiger partial charge is 0.504 e. The van der Waals surface area contributed by atoms with E-state index in [-0.39, 0.29) is 5.71 Å². The molecule has 0 bridgehead atoms. The SMILES string of the molecule is CC1=N[N]C(C(F)(F)F)=C1O. The summed E-state index contributed by atoms with van der Waals surface area (Å²) in [5.74, 6) is -0.891. The van der Waals surface area contributed by atoms with Crippen molar-refractivity contribution >= 4 is 5.71 Å². The molecular formula is C5H4F3N2O. The van der Waals surface area contributed by atoms with E-state index in [4.69, 9.17) is 5.11 Å². The zero-order valence-corrected chi connectivity index (χ0v) is 5.48. The van der Waals surface area contributed by atoms with Crippen molar-refractivity contribution < 1.29 is 18.3 Å². The maximum atomic E-state index is 11.8. The van der Waals surface area contributed by atoms with Gasteiger partial charge in [0.25, 0.3) is 0 Å². The quantitative estimate of drug-likeness (QED) is 0.577. The molecule has 3 nitrogen and oxygen atoms in total. The lowest BCUT2D eigenvalue weighted by Crippen LogP contribution is -2.17. The summed E-state index contributed by atoms with van der Waals surface area (Å²) in [5, 5.41) is 11.8. The van der Waals surface area contributed by atoms with E-state index >= 15 is 0 Å². The van der Waals surface area contributed by atoms with Crippen molar-refractivity contribution in [3.05, 3.63) is 11.5 Å². The summed E-state index contributed by atoms with van der Waals surface area (Å²) in [6.45, 7) is 1.25. The number of nitrogens with zero attached hydrogens (tertiary/aromatic N) is 2. The molecule has 0 saturated heterocycles. The van der Waals surface area contributed by atoms with E-state index in [1.165, 1.54) is 6.92 Å². The number of hydrogen-bond acceptors (Lipinski definition) is 2. The maximum Gasteiger partial charge on any atom is 0.438 e. The van der Waals surface area contributed by atoms with Gasteiger partial charge in [-0.1, -0.05) is 0 Å². The molecule has 0 saturated carbocycles. The third-order valence-corrected chi connectivity index (χ3v) is 1.14. The van der Waals surface area contributed by atoms with Gasteiger partial charge >= 0.3 is 6.18 Å². The van der Waals surface area contributed by atoms with E-state index in [1.54, 1.807) is 0 Å². The predicted octanol–water partition coefficient (Wildman–Crippen LogP) is 1.31. The molecule has 61 valence electrons. The van der Waals surface area contributed by atoms with Gasteiger partial charge in [0.05, 0.1) is 0 Å². The maximum absolute atomic E-state index is 11.8. The van der Waals surface area contributed by atoms with Crippen LogP contribution in [-0.2, 0) is 0 Å². The standard InChI is InChI=1S/C5H4F3N2O/c1-2-3(11)4(10-9-2)5(6,7)8/h11H,1H3. The van der Waals surface area contributed by atoms with Crippen LogP contribution < -0.4 is 5.43 Å². The molecule has 1 rings (SSSR count). The van der Waals surface area contributed by atoms with Crippen molar-refractivity contribution in [1.29, 1.82) is 0 Å². The highest BCUT2D eigenvalue weighted by atomic mass is 19.4. The second-order valence-electron chi connectivity index (χ2n) is 1.98. The van der Waals surface area contributed by atoms with Crippen LogP contribution in [0, 0.1) is 0 Å². The number of allylic oxidation sites excluding steroid dienone is 2. The Morgan fingerprint density at radius 1 is 1.36 bits per heavy atom. The van der Waals surface area contributed by atoms with Crippen LogP contribution in [0.5, 0.6) is 0 Å². The van der Waals surface area contributed by atoms with Crippen LogP contribution in [-0.4, -0.2) is 17.0 Å². The number of aliphatic hydroxyl groups is 1. The van der Waals surface area contributed by atoms with Crippen LogP contribution in [0.3, 0.4) is 0 Å². The van der Waals surface area contributed by atoms with Crippen molar-refractivity contribution in [2.24, 2.45) is 5.10 Å². The van der Waals surface area contributed by atoms with Crippen LogP contribution in [0.25, 0.3) is 0 Å². The predicted molar refractivity (Wildman–Crippen MR) is 31.0 cm³/mol. The molecule has 1 heterocycles. The fraction of sp³-hybridized carbons (Fsp3) is 0.400. The summed E-state index contributed by atoms with van der Waals surface area (Å²) in [5.41, 5.74) is 1.32. The van der Waals surface area contributed by atoms with Crippen molar-refractivity contribution in [3.63, 3.8) is 0 Å². The zero-order chi connectivity index (χ0) is 8.65. The van der Waals surface area contributed by atoms with Gasteiger partial charge in [-0.25, -0.2) is 0 Å². The minimum absolute atomic E-state index is 0.114. The Morgan fingerprint density at radius 3 is 2.09 bits per heavy atom. The molecule has 6 heteroatoms. The van der Waals surface area contributed by atoms with Gasteiger partial charge in [0.2, 0.25) is 5.70 Å². The van der Waals surface area contributed by atoms with Crippen molar-refractivity contribution in [3.8, 4) is 0 Å². The molecule has 11 heavy (non-hydrogen) atoms. The van der Waals surface area contributed by atoms with Crippen LogP contribution in [0.4, 0.5) is 13.2 Å².